The number of nitrogens with one attached hydrogen (secondary N) is 1. The molecular weight excluding hydrogens is 389 g/mol. The first-order chi connectivity index (χ1) is 12.6. The second-order valence-electron chi connectivity index (χ2n) is 5.51. The summed E-state index contributed by atoms with van der Waals surface area (Å²) in [6.07, 6.45) is 1.75. The van der Waals surface area contributed by atoms with Crippen molar-refractivity contribution in [1.82, 2.24) is 9.97 Å². The average molecular weight is 400 g/mol. The van der Waals surface area contributed by atoms with E-state index in [0.717, 1.165) is 20.9 Å². The van der Waals surface area contributed by atoms with E-state index in [2.05, 4.69) is 15.3 Å². The van der Waals surface area contributed by atoms with Gasteiger partial charge in [-0.3, -0.25) is 4.79 Å². The normalized spacial score (nSPS) is 10.8. The van der Waals surface area contributed by atoms with Crippen LogP contribution in [0.3, 0.4) is 0 Å². The lowest BCUT2D eigenvalue weighted by atomic mass is 10.2. The Kier molecular flexibility index (Phi) is 4.59. The van der Waals surface area contributed by atoms with E-state index in [1.54, 1.807) is 24.4 Å². The minimum Gasteiger partial charge on any atom is -0.322 e. The first-order valence-corrected chi connectivity index (χ1v) is 9.26. The number of fused-ring (bicyclic) bond motifs is 1. The summed E-state index contributed by atoms with van der Waals surface area (Å²) in [6.45, 7) is 0. The molecule has 2 aromatic heterocycles. The molecule has 4 rings (SSSR count). The molecule has 2 heterocycles. The fourth-order valence-corrected chi connectivity index (χ4v) is 3.67. The van der Waals surface area contributed by atoms with Crippen LogP contribution in [0.1, 0.15) is 10.4 Å². The van der Waals surface area contributed by atoms with Gasteiger partial charge in [0, 0.05) is 23.0 Å². The fraction of sp³-hybridized carbons (Fsp3) is 0. The number of pyridine rings is 1. The summed E-state index contributed by atoms with van der Waals surface area (Å²) in [7, 11) is 0. The van der Waals surface area contributed by atoms with Gasteiger partial charge in [0.1, 0.15) is 15.4 Å². The maximum atomic E-state index is 12.4. The Morgan fingerprint density at radius 2 is 1.88 bits per heavy atom. The quantitative estimate of drug-likeness (QED) is 0.465. The number of hydrogen-bond acceptors (Lipinski definition) is 4. The standard InChI is InChI=1S/C19H11Cl2N3OS/c20-14-7-6-11(10-15(14)21)17(25)23-13-4-1-3-12(9-13)18-24-16-5-2-8-22-19(16)26-18/h1-10H,(H,23,25). The van der Waals surface area contributed by atoms with Crippen LogP contribution in [-0.2, 0) is 0 Å². The van der Waals surface area contributed by atoms with Crippen LogP contribution in [0, 0.1) is 0 Å². The minimum absolute atomic E-state index is 0.258. The Bertz CT molecular complexity index is 1090. The van der Waals surface area contributed by atoms with Crippen LogP contribution in [0.4, 0.5) is 5.69 Å². The molecule has 1 amide bonds. The zero-order valence-corrected chi connectivity index (χ0v) is 15.6. The van der Waals surface area contributed by atoms with E-state index >= 15 is 0 Å². The van der Waals surface area contributed by atoms with E-state index in [0.29, 0.717) is 21.3 Å². The molecule has 0 fully saturated rings. The molecular formula is C19H11Cl2N3OS. The monoisotopic (exact) mass is 399 g/mol. The molecule has 0 atom stereocenters. The first kappa shape index (κ1) is 17.0. The number of anilines is 1. The molecule has 0 spiro atoms. The van der Waals surface area contributed by atoms with Crippen molar-refractivity contribution < 1.29 is 4.79 Å². The summed E-state index contributed by atoms with van der Waals surface area (Å²) in [6, 6.07) is 16.1. The van der Waals surface area contributed by atoms with Crippen LogP contribution < -0.4 is 5.32 Å². The van der Waals surface area contributed by atoms with Crippen molar-refractivity contribution in [3.63, 3.8) is 0 Å². The predicted molar refractivity (Wildman–Crippen MR) is 107 cm³/mol. The van der Waals surface area contributed by atoms with Gasteiger partial charge in [0.2, 0.25) is 0 Å². The largest absolute Gasteiger partial charge is 0.322 e. The van der Waals surface area contributed by atoms with Crippen LogP contribution in [-0.4, -0.2) is 15.9 Å². The maximum Gasteiger partial charge on any atom is 0.255 e. The van der Waals surface area contributed by atoms with Crippen molar-refractivity contribution >= 4 is 56.5 Å². The lowest BCUT2D eigenvalue weighted by Crippen LogP contribution is -2.11. The van der Waals surface area contributed by atoms with E-state index < -0.39 is 0 Å². The SMILES string of the molecule is O=C(Nc1cccc(-c2nc3cccnc3s2)c1)c1ccc(Cl)c(Cl)c1. The molecule has 0 aliphatic heterocycles. The van der Waals surface area contributed by atoms with Crippen molar-refractivity contribution in [3.8, 4) is 10.6 Å². The van der Waals surface area contributed by atoms with Crippen molar-refractivity contribution in [2.45, 2.75) is 0 Å². The van der Waals surface area contributed by atoms with Gasteiger partial charge in [-0.05, 0) is 42.5 Å². The summed E-state index contributed by atoms with van der Waals surface area (Å²) in [5.41, 5.74) is 2.89. The van der Waals surface area contributed by atoms with Crippen molar-refractivity contribution in [2.24, 2.45) is 0 Å². The first-order valence-electron chi connectivity index (χ1n) is 7.68. The topological polar surface area (TPSA) is 54.9 Å². The lowest BCUT2D eigenvalue weighted by molar-refractivity contribution is 0.102. The number of carbonyl (C=O) groups excluding carboxylic acids is 1. The number of amides is 1. The summed E-state index contributed by atoms with van der Waals surface area (Å²) >= 11 is 13.4. The molecule has 26 heavy (non-hydrogen) atoms. The zero-order chi connectivity index (χ0) is 18.1. The van der Waals surface area contributed by atoms with E-state index in [-0.39, 0.29) is 5.91 Å². The molecule has 7 heteroatoms. The Balaban J connectivity index is 1.61. The van der Waals surface area contributed by atoms with Gasteiger partial charge in [0.25, 0.3) is 5.91 Å². The van der Waals surface area contributed by atoms with Crippen molar-refractivity contribution in [1.29, 1.82) is 0 Å². The fourth-order valence-electron chi connectivity index (χ4n) is 2.46. The highest BCUT2D eigenvalue weighted by molar-refractivity contribution is 7.21. The third kappa shape index (κ3) is 3.42. The Morgan fingerprint density at radius 3 is 2.69 bits per heavy atom. The number of rotatable bonds is 3. The number of benzene rings is 2. The summed E-state index contributed by atoms with van der Waals surface area (Å²) in [5.74, 6) is -0.258. The molecule has 0 aliphatic carbocycles. The molecule has 0 bridgehead atoms. The molecule has 0 unspecified atom stereocenters. The van der Waals surface area contributed by atoms with E-state index in [4.69, 9.17) is 23.2 Å². The minimum atomic E-state index is -0.258. The number of aromatic nitrogens is 2. The predicted octanol–water partition coefficient (Wildman–Crippen LogP) is 5.92. The third-order valence-electron chi connectivity index (χ3n) is 3.72. The highest BCUT2D eigenvalue weighted by Crippen LogP contribution is 2.30. The van der Waals surface area contributed by atoms with Gasteiger partial charge in [-0.15, -0.1) is 0 Å². The Hall–Kier alpha value is -2.47. The van der Waals surface area contributed by atoms with Gasteiger partial charge in [0.15, 0.2) is 0 Å². The summed E-state index contributed by atoms with van der Waals surface area (Å²) < 4.78 is 0. The summed E-state index contributed by atoms with van der Waals surface area (Å²) in [4.78, 5) is 22.2. The van der Waals surface area contributed by atoms with E-state index in [1.165, 1.54) is 11.3 Å². The van der Waals surface area contributed by atoms with Gasteiger partial charge < -0.3 is 5.32 Å². The van der Waals surface area contributed by atoms with Crippen LogP contribution in [0.2, 0.25) is 10.0 Å². The number of nitrogens with zero attached hydrogens (tertiary/aromatic N) is 2. The third-order valence-corrected chi connectivity index (χ3v) is 5.48. The van der Waals surface area contributed by atoms with E-state index in [1.807, 2.05) is 36.4 Å². The number of carbonyl (C=O) groups is 1. The van der Waals surface area contributed by atoms with Crippen molar-refractivity contribution in [3.05, 3.63) is 76.4 Å². The Morgan fingerprint density at radius 1 is 1.00 bits per heavy atom. The number of halogens is 2. The average Bonchev–Trinajstić information content (AvgIpc) is 3.08. The van der Waals surface area contributed by atoms with E-state index in [9.17, 15) is 4.79 Å². The lowest BCUT2D eigenvalue weighted by Gasteiger charge is -2.07. The second kappa shape index (κ2) is 7.03. The molecule has 0 saturated carbocycles. The molecule has 0 radical (unpaired) electrons. The maximum absolute atomic E-state index is 12.4. The van der Waals surface area contributed by atoms with Crippen LogP contribution in [0.5, 0.6) is 0 Å². The summed E-state index contributed by atoms with van der Waals surface area (Å²) in [5, 5.41) is 4.47. The molecule has 4 nitrogen and oxygen atoms in total. The Labute approximate surface area is 163 Å². The number of hydrogen-bond donors (Lipinski definition) is 1. The van der Waals surface area contributed by atoms with Gasteiger partial charge in [0.05, 0.1) is 10.0 Å². The van der Waals surface area contributed by atoms with Gasteiger partial charge >= 0.3 is 0 Å². The van der Waals surface area contributed by atoms with Gasteiger partial charge in [-0.25, -0.2) is 9.97 Å². The molecule has 128 valence electrons. The van der Waals surface area contributed by atoms with Crippen LogP contribution >= 0.6 is 34.5 Å². The molecule has 1 N–H and O–H groups in total. The molecule has 0 aliphatic rings. The van der Waals surface area contributed by atoms with Gasteiger partial charge in [-0.1, -0.05) is 46.7 Å². The molecule has 2 aromatic carbocycles. The second-order valence-corrected chi connectivity index (χ2v) is 7.30. The highest BCUT2D eigenvalue weighted by atomic mass is 35.5. The molecule has 0 saturated heterocycles. The van der Waals surface area contributed by atoms with Crippen LogP contribution in [0.15, 0.2) is 60.8 Å². The number of thiazole rings is 1. The molecule has 4 aromatic rings. The highest BCUT2D eigenvalue weighted by Gasteiger charge is 2.11. The van der Waals surface area contributed by atoms with Crippen LogP contribution in [0.25, 0.3) is 20.9 Å². The van der Waals surface area contributed by atoms with Gasteiger partial charge in [-0.2, -0.15) is 0 Å². The van der Waals surface area contributed by atoms with Crippen molar-refractivity contribution in [2.75, 3.05) is 5.32 Å². The smallest absolute Gasteiger partial charge is 0.255 e. The zero-order valence-electron chi connectivity index (χ0n) is 13.2.